The number of rotatable bonds is 8. The number of nitrogens with one attached hydrogen (secondary N) is 1. The number of hydrogen-bond donors (Lipinski definition) is 1. The summed E-state index contributed by atoms with van der Waals surface area (Å²) in [6, 6.07) is 9.40. The van der Waals surface area contributed by atoms with Crippen LogP contribution in [0.2, 0.25) is 0 Å². The van der Waals surface area contributed by atoms with Gasteiger partial charge in [-0.1, -0.05) is 51.2 Å². The van der Waals surface area contributed by atoms with E-state index in [9.17, 15) is 0 Å². The largest absolute Gasteiger partial charge is 0.313 e. The van der Waals surface area contributed by atoms with E-state index in [4.69, 9.17) is 0 Å². The van der Waals surface area contributed by atoms with E-state index in [1.807, 2.05) is 0 Å². The van der Waals surface area contributed by atoms with Gasteiger partial charge < -0.3 is 5.32 Å². The van der Waals surface area contributed by atoms with Crippen molar-refractivity contribution >= 4 is 22.6 Å². The van der Waals surface area contributed by atoms with E-state index in [1.165, 1.54) is 47.7 Å². The van der Waals surface area contributed by atoms with E-state index in [0.717, 1.165) is 0 Å². The molecule has 0 aromatic heterocycles. The Morgan fingerprint density at radius 3 is 2.29 bits per heavy atom. The van der Waals surface area contributed by atoms with Gasteiger partial charge in [0.15, 0.2) is 0 Å². The summed E-state index contributed by atoms with van der Waals surface area (Å²) in [5.74, 6) is 0. The van der Waals surface area contributed by atoms with E-state index in [-0.39, 0.29) is 0 Å². The van der Waals surface area contributed by atoms with Crippen LogP contribution in [-0.4, -0.2) is 7.05 Å². The van der Waals surface area contributed by atoms with Crippen LogP contribution in [0.5, 0.6) is 0 Å². The average molecular weight is 345 g/mol. The molecule has 0 spiro atoms. The Hall–Kier alpha value is -0.0900. The second-order valence-corrected chi connectivity index (χ2v) is 5.84. The fourth-order valence-electron chi connectivity index (χ4n) is 2.12. The van der Waals surface area contributed by atoms with E-state index < -0.39 is 0 Å². The zero-order valence-corrected chi connectivity index (χ0v) is 13.2. The zero-order chi connectivity index (χ0) is 12.5. The molecule has 0 saturated carbocycles. The molecule has 17 heavy (non-hydrogen) atoms. The lowest BCUT2D eigenvalue weighted by molar-refractivity contribution is 0.501. The molecule has 0 heterocycles. The van der Waals surface area contributed by atoms with Crippen molar-refractivity contribution in [3.8, 4) is 0 Å². The molecular weight excluding hydrogens is 321 g/mol. The zero-order valence-electron chi connectivity index (χ0n) is 11.0. The van der Waals surface area contributed by atoms with Crippen LogP contribution in [-0.2, 0) is 0 Å². The molecule has 1 nitrogen and oxygen atoms in total. The van der Waals surface area contributed by atoms with E-state index in [0.29, 0.717) is 6.04 Å². The van der Waals surface area contributed by atoms with Crippen LogP contribution in [0.1, 0.15) is 57.1 Å². The number of benzene rings is 1. The predicted molar refractivity (Wildman–Crippen MR) is 84.3 cm³/mol. The van der Waals surface area contributed by atoms with Crippen LogP contribution in [0.25, 0.3) is 0 Å². The number of unbranched alkanes of at least 4 members (excludes halogenated alkanes) is 4. The summed E-state index contributed by atoms with van der Waals surface area (Å²) in [7, 11) is 2.06. The van der Waals surface area contributed by atoms with Crippen molar-refractivity contribution in [3.05, 3.63) is 33.4 Å². The molecule has 0 amide bonds. The lowest BCUT2D eigenvalue weighted by Crippen LogP contribution is -2.16. The molecule has 0 radical (unpaired) electrons. The highest BCUT2D eigenvalue weighted by Crippen LogP contribution is 2.20. The SMILES string of the molecule is CCCCCCCC(NC)c1ccc(I)cc1. The molecule has 0 bridgehead atoms. The molecule has 1 aromatic carbocycles. The number of halogens is 1. The Bertz CT molecular complexity index is 294. The smallest absolute Gasteiger partial charge is 0.0317 e. The van der Waals surface area contributed by atoms with Crippen LogP contribution in [0, 0.1) is 3.57 Å². The molecule has 0 aliphatic rings. The first kappa shape index (κ1) is 15.0. The van der Waals surface area contributed by atoms with Crippen molar-refractivity contribution < 1.29 is 0 Å². The van der Waals surface area contributed by atoms with Crippen molar-refractivity contribution in [2.24, 2.45) is 0 Å². The summed E-state index contributed by atoms with van der Waals surface area (Å²) in [6.07, 6.45) is 8.05. The van der Waals surface area contributed by atoms with Crippen molar-refractivity contribution in [3.63, 3.8) is 0 Å². The molecule has 1 N–H and O–H groups in total. The minimum atomic E-state index is 0.522. The first-order valence-corrected chi connectivity index (χ1v) is 7.78. The van der Waals surface area contributed by atoms with Gasteiger partial charge in [-0.25, -0.2) is 0 Å². The van der Waals surface area contributed by atoms with Gasteiger partial charge in [0.25, 0.3) is 0 Å². The quantitative estimate of drug-likeness (QED) is 0.521. The lowest BCUT2D eigenvalue weighted by Gasteiger charge is -2.16. The summed E-state index contributed by atoms with van der Waals surface area (Å²) in [5, 5.41) is 3.43. The van der Waals surface area contributed by atoms with Gasteiger partial charge in [-0.15, -0.1) is 0 Å². The predicted octanol–water partition coefficient (Wildman–Crippen LogP) is 4.91. The number of hydrogen-bond acceptors (Lipinski definition) is 1. The Morgan fingerprint density at radius 2 is 1.71 bits per heavy atom. The van der Waals surface area contributed by atoms with E-state index in [2.05, 4.69) is 66.1 Å². The average Bonchev–Trinajstić information content (AvgIpc) is 2.35. The van der Waals surface area contributed by atoms with Crippen LogP contribution in [0.15, 0.2) is 24.3 Å². The van der Waals surface area contributed by atoms with Gasteiger partial charge in [0, 0.05) is 9.61 Å². The van der Waals surface area contributed by atoms with Gasteiger partial charge in [-0.05, 0) is 53.8 Å². The summed E-state index contributed by atoms with van der Waals surface area (Å²) in [6.45, 7) is 2.27. The van der Waals surface area contributed by atoms with Crippen LogP contribution < -0.4 is 5.32 Å². The first-order valence-electron chi connectivity index (χ1n) is 6.70. The van der Waals surface area contributed by atoms with Crippen molar-refractivity contribution in [2.45, 2.75) is 51.5 Å². The molecule has 0 aliphatic carbocycles. The molecule has 1 aromatic rings. The minimum Gasteiger partial charge on any atom is -0.313 e. The van der Waals surface area contributed by atoms with Crippen molar-refractivity contribution in [1.29, 1.82) is 0 Å². The van der Waals surface area contributed by atoms with Gasteiger partial charge in [-0.3, -0.25) is 0 Å². The van der Waals surface area contributed by atoms with Crippen LogP contribution >= 0.6 is 22.6 Å². The second-order valence-electron chi connectivity index (χ2n) is 4.60. The standard InChI is InChI=1S/C15H24IN/c1-3-4-5-6-7-8-15(17-2)13-9-11-14(16)12-10-13/h9-12,15,17H,3-8H2,1-2H3. The van der Waals surface area contributed by atoms with Gasteiger partial charge in [0.1, 0.15) is 0 Å². The van der Waals surface area contributed by atoms with Gasteiger partial charge in [0.2, 0.25) is 0 Å². The summed E-state index contributed by atoms with van der Waals surface area (Å²) in [5.41, 5.74) is 1.42. The maximum absolute atomic E-state index is 3.43. The lowest BCUT2D eigenvalue weighted by atomic mass is 10.00. The summed E-state index contributed by atoms with van der Waals surface area (Å²) < 4.78 is 1.31. The first-order chi connectivity index (χ1) is 8.27. The molecule has 0 saturated heterocycles. The third-order valence-electron chi connectivity index (χ3n) is 3.22. The molecule has 0 fully saturated rings. The second kappa shape index (κ2) is 8.92. The van der Waals surface area contributed by atoms with Gasteiger partial charge >= 0.3 is 0 Å². The fraction of sp³-hybridized carbons (Fsp3) is 0.600. The maximum Gasteiger partial charge on any atom is 0.0317 e. The summed E-state index contributed by atoms with van der Waals surface area (Å²) >= 11 is 2.36. The molecule has 1 unspecified atom stereocenters. The van der Waals surface area contributed by atoms with Crippen LogP contribution in [0.4, 0.5) is 0 Å². The molecular formula is C15H24IN. The Labute approximate surface area is 120 Å². The van der Waals surface area contributed by atoms with Crippen molar-refractivity contribution in [2.75, 3.05) is 7.05 Å². The normalized spacial score (nSPS) is 12.6. The molecule has 96 valence electrons. The highest BCUT2D eigenvalue weighted by atomic mass is 127. The van der Waals surface area contributed by atoms with Gasteiger partial charge in [0.05, 0.1) is 0 Å². The van der Waals surface area contributed by atoms with E-state index in [1.54, 1.807) is 0 Å². The third kappa shape index (κ3) is 5.87. The highest BCUT2D eigenvalue weighted by Gasteiger charge is 2.07. The minimum absolute atomic E-state index is 0.522. The highest BCUT2D eigenvalue weighted by molar-refractivity contribution is 14.1. The Morgan fingerprint density at radius 1 is 1.06 bits per heavy atom. The monoisotopic (exact) mass is 345 g/mol. The Kier molecular flexibility index (Phi) is 7.86. The topological polar surface area (TPSA) is 12.0 Å². The fourth-order valence-corrected chi connectivity index (χ4v) is 2.48. The molecule has 2 heteroatoms. The van der Waals surface area contributed by atoms with Crippen LogP contribution in [0.3, 0.4) is 0 Å². The molecule has 1 atom stereocenters. The van der Waals surface area contributed by atoms with Gasteiger partial charge in [-0.2, -0.15) is 0 Å². The third-order valence-corrected chi connectivity index (χ3v) is 3.94. The maximum atomic E-state index is 3.43. The van der Waals surface area contributed by atoms with E-state index >= 15 is 0 Å². The Balaban J connectivity index is 2.35. The summed E-state index contributed by atoms with van der Waals surface area (Å²) in [4.78, 5) is 0. The molecule has 1 rings (SSSR count). The van der Waals surface area contributed by atoms with Crippen molar-refractivity contribution in [1.82, 2.24) is 5.32 Å². The molecule has 0 aliphatic heterocycles.